The molecule has 0 saturated carbocycles. The molecular formula is C13H25NO4. The molecule has 18 heavy (non-hydrogen) atoms. The summed E-state index contributed by atoms with van der Waals surface area (Å²) < 4.78 is 10.3. The third-order valence-electron chi connectivity index (χ3n) is 3.76. The molecule has 1 N–H and O–H groups in total. The molecule has 1 fully saturated rings. The first kappa shape index (κ1) is 15.4. The maximum Gasteiger partial charge on any atom is 0.310 e. The molecule has 5 heteroatoms. The Labute approximate surface area is 109 Å². The Balaban J connectivity index is 2.16. The van der Waals surface area contributed by atoms with E-state index in [4.69, 9.17) is 9.47 Å². The number of carbonyl (C=O) groups is 1. The summed E-state index contributed by atoms with van der Waals surface area (Å²) in [4.78, 5) is 13.5. The largest absolute Gasteiger partial charge is 0.481 e. The molecule has 0 amide bonds. The second kappa shape index (κ2) is 7.71. The average Bonchev–Trinajstić information content (AvgIpc) is 2.78. The third-order valence-corrected chi connectivity index (χ3v) is 3.76. The molecular weight excluding hydrogens is 234 g/mol. The van der Waals surface area contributed by atoms with E-state index < -0.39 is 11.4 Å². The fraction of sp³-hybridized carbons (Fsp3) is 0.923. The number of hydrogen-bond acceptors (Lipinski definition) is 4. The number of carboxylic acid groups (broad SMARTS) is 1. The smallest absolute Gasteiger partial charge is 0.310 e. The van der Waals surface area contributed by atoms with Crippen LogP contribution in [0.4, 0.5) is 0 Å². The van der Waals surface area contributed by atoms with E-state index in [1.807, 2.05) is 6.92 Å². The van der Waals surface area contributed by atoms with Crippen molar-refractivity contribution >= 4 is 5.97 Å². The second-order valence-electron chi connectivity index (χ2n) is 4.92. The van der Waals surface area contributed by atoms with Crippen molar-refractivity contribution in [2.75, 3.05) is 46.6 Å². The molecule has 0 aromatic heterocycles. The van der Waals surface area contributed by atoms with Gasteiger partial charge in [0.2, 0.25) is 0 Å². The quantitative estimate of drug-likeness (QED) is 0.631. The molecule has 0 aromatic carbocycles. The van der Waals surface area contributed by atoms with Gasteiger partial charge in [-0.1, -0.05) is 6.92 Å². The minimum absolute atomic E-state index is 0.517. The SMILES string of the molecule is CCC1(C(=O)O)CCN(CCCOCCOC)C1. The van der Waals surface area contributed by atoms with E-state index in [-0.39, 0.29) is 0 Å². The van der Waals surface area contributed by atoms with Crippen molar-refractivity contribution in [2.45, 2.75) is 26.2 Å². The molecule has 1 aliphatic rings. The molecule has 106 valence electrons. The maximum absolute atomic E-state index is 11.3. The molecule has 1 aliphatic heterocycles. The highest BCUT2D eigenvalue weighted by atomic mass is 16.5. The summed E-state index contributed by atoms with van der Waals surface area (Å²) in [6, 6.07) is 0. The Morgan fingerprint density at radius 1 is 1.39 bits per heavy atom. The van der Waals surface area contributed by atoms with Crippen LogP contribution in [0.15, 0.2) is 0 Å². The second-order valence-corrected chi connectivity index (χ2v) is 4.92. The first-order valence-electron chi connectivity index (χ1n) is 6.67. The van der Waals surface area contributed by atoms with Crippen molar-refractivity contribution in [3.63, 3.8) is 0 Å². The molecule has 0 aromatic rings. The minimum atomic E-state index is -0.649. The predicted molar refractivity (Wildman–Crippen MR) is 68.7 cm³/mol. The van der Waals surface area contributed by atoms with E-state index in [0.717, 1.165) is 25.9 Å². The summed E-state index contributed by atoms with van der Waals surface area (Å²) in [5.74, 6) is -0.649. The lowest BCUT2D eigenvalue weighted by Gasteiger charge is -2.23. The van der Waals surface area contributed by atoms with Gasteiger partial charge in [0.1, 0.15) is 0 Å². The minimum Gasteiger partial charge on any atom is -0.481 e. The standard InChI is InChI=1S/C13H25NO4/c1-3-13(12(15)16)5-7-14(11-13)6-4-8-18-10-9-17-2/h3-11H2,1-2H3,(H,15,16). The van der Waals surface area contributed by atoms with E-state index in [1.165, 1.54) is 0 Å². The van der Waals surface area contributed by atoms with Gasteiger partial charge >= 0.3 is 5.97 Å². The van der Waals surface area contributed by atoms with Gasteiger partial charge in [-0.2, -0.15) is 0 Å². The highest BCUT2D eigenvalue weighted by Crippen LogP contribution is 2.34. The van der Waals surface area contributed by atoms with Crippen molar-refractivity contribution in [3.8, 4) is 0 Å². The number of likely N-dealkylation sites (tertiary alicyclic amines) is 1. The molecule has 1 heterocycles. The molecule has 1 saturated heterocycles. The average molecular weight is 259 g/mol. The molecule has 0 radical (unpaired) electrons. The van der Waals surface area contributed by atoms with Gasteiger partial charge < -0.3 is 19.5 Å². The Morgan fingerprint density at radius 2 is 2.17 bits per heavy atom. The van der Waals surface area contributed by atoms with Gasteiger partial charge in [0.15, 0.2) is 0 Å². The maximum atomic E-state index is 11.3. The fourth-order valence-corrected chi connectivity index (χ4v) is 2.40. The number of rotatable bonds is 9. The Hall–Kier alpha value is -0.650. The van der Waals surface area contributed by atoms with E-state index in [2.05, 4.69) is 4.90 Å². The molecule has 5 nitrogen and oxygen atoms in total. The van der Waals surface area contributed by atoms with Crippen LogP contribution in [0.3, 0.4) is 0 Å². The molecule has 1 atom stereocenters. The normalized spacial score (nSPS) is 24.6. The van der Waals surface area contributed by atoms with Crippen LogP contribution >= 0.6 is 0 Å². The van der Waals surface area contributed by atoms with Crippen LogP contribution in [0.2, 0.25) is 0 Å². The molecule has 0 aliphatic carbocycles. The third kappa shape index (κ3) is 4.23. The van der Waals surface area contributed by atoms with Crippen molar-refractivity contribution in [1.29, 1.82) is 0 Å². The van der Waals surface area contributed by atoms with Gasteiger partial charge in [0, 0.05) is 26.8 Å². The Kier molecular flexibility index (Phi) is 6.60. The first-order chi connectivity index (χ1) is 8.64. The number of hydrogen-bond donors (Lipinski definition) is 1. The lowest BCUT2D eigenvalue weighted by Crippen LogP contribution is -2.34. The van der Waals surface area contributed by atoms with E-state index >= 15 is 0 Å². The van der Waals surface area contributed by atoms with Gasteiger partial charge in [0.25, 0.3) is 0 Å². The van der Waals surface area contributed by atoms with Gasteiger partial charge in [0.05, 0.1) is 18.6 Å². The monoisotopic (exact) mass is 259 g/mol. The van der Waals surface area contributed by atoms with Crippen LogP contribution in [-0.4, -0.2) is 62.5 Å². The van der Waals surface area contributed by atoms with Gasteiger partial charge in [-0.25, -0.2) is 0 Å². The molecule has 1 rings (SSSR count). The predicted octanol–water partition coefficient (Wildman–Crippen LogP) is 1.23. The molecule has 0 bridgehead atoms. The van der Waals surface area contributed by atoms with Crippen LogP contribution in [0, 0.1) is 5.41 Å². The van der Waals surface area contributed by atoms with Crippen LogP contribution in [-0.2, 0) is 14.3 Å². The first-order valence-corrected chi connectivity index (χ1v) is 6.67. The molecule has 1 unspecified atom stereocenters. The summed E-state index contributed by atoms with van der Waals surface area (Å²) >= 11 is 0. The lowest BCUT2D eigenvalue weighted by molar-refractivity contribution is -0.148. The highest BCUT2D eigenvalue weighted by Gasteiger charge is 2.42. The van der Waals surface area contributed by atoms with Gasteiger partial charge in [-0.05, 0) is 25.8 Å². The summed E-state index contributed by atoms with van der Waals surface area (Å²) in [6.07, 6.45) is 2.43. The van der Waals surface area contributed by atoms with Crippen LogP contribution in [0.25, 0.3) is 0 Å². The Morgan fingerprint density at radius 3 is 2.72 bits per heavy atom. The number of ether oxygens (including phenoxy) is 2. The fourth-order valence-electron chi connectivity index (χ4n) is 2.40. The summed E-state index contributed by atoms with van der Waals surface area (Å²) in [5.41, 5.74) is -0.517. The van der Waals surface area contributed by atoms with Crippen molar-refractivity contribution in [3.05, 3.63) is 0 Å². The lowest BCUT2D eigenvalue weighted by atomic mass is 9.84. The van der Waals surface area contributed by atoms with Crippen molar-refractivity contribution < 1.29 is 19.4 Å². The van der Waals surface area contributed by atoms with E-state index in [0.29, 0.717) is 32.8 Å². The summed E-state index contributed by atoms with van der Waals surface area (Å²) in [5, 5.41) is 9.28. The topological polar surface area (TPSA) is 59.0 Å². The number of carboxylic acids is 1. The zero-order chi connectivity index (χ0) is 13.4. The number of aliphatic carboxylic acids is 1. The summed E-state index contributed by atoms with van der Waals surface area (Å²) in [6.45, 7) is 6.42. The van der Waals surface area contributed by atoms with Gasteiger partial charge in [-0.3, -0.25) is 4.79 Å². The zero-order valence-electron chi connectivity index (χ0n) is 11.5. The van der Waals surface area contributed by atoms with Crippen molar-refractivity contribution in [1.82, 2.24) is 4.90 Å². The van der Waals surface area contributed by atoms with Crippen LogP contribution < -0.4 is 0 Å². The highest BCUT2D eigenvalue weighted by molar-refractivity contribution is 5.75. The Bertz CT molecular complexity index is 259. The molecule has 0 spiro atoms. The van der Waals surface area contributed by atoms with E-state index in [1.54, 1.807) is 7.11 Å². The van der Waals surface area contributed by atoms with Gasteiger partial charge in [-0.15, -0.1) is 0 Å². The van der Waals surface area contributed by atoms with E-state index in [9.17, 15) is 9.90 Å². The van der Waals surface area contributed by atoms with Crippen molar-refractivity contribution in [2.24, 2.45) is 5.41 Å². The number of methoxy groups -OCH3 is 1. The number of nitrogens with zero attached hydrogens (tertiary/aromatic N) is 1. The van der Waals surface area contributed by atoms with Crippen LogP contribution in [0.5, 0.6) is 0 Å². The summed E-state index contributed by atoms with van der Waals surface area (Å²) in [7, 11) is 1.66. The van der Waals surface area contributed by atoms with Crippen LogP contribution in [0.1, 0.15) is 26.2 Å². The zero-order valence-corrected chi connectivity index (χ0v) is 11.5.